The molecule has 3 rings (SSSR count). The molecule has 1 aliphatic rings. The minimum Gasteiger partial charge on any atom is -0.457 e. The number of para-hydroxylation sites is 1. The Hall–Kier alpha value is -2.37. The van der Waals surface area contributed by atoms with Gasteiger partial charge in [-0.25, -0.2) is 0 Å². The van der Waals surface area contributed by atoms with E-state index < -0.39 is 0 Å². The lowest BCUT2D eigenvalue weighted by molar-refractivity contribution is -0.132. The topological polar surface area (TPSA) is 73.6 Å². The molecule has 2 atom stereocenters. The zero-order valence-corrected chi connectivity index (χ0v) is 13.5. The van der Waals surface area contributed by atoms with Crippen molar-refractivity contribution in [3.05, 3.63) is 60.2 Å². The van der Waals surface area contributed by atoms with Crippen LogP contribution in [0.4, 0.5) is 0 Å². The molecule has 0 unspecified atom stereocenters. The first-order chi connectivity index (χ1) is 11.7. The molecule has 2 aromatic carbocycles. The van der Waals surface area contributed by atoms with Crippen molar-refractivity contribution in [2.45, 2.75) is 31.6 Å². The standard InChI is InChI=1S/C19H22N2O3/c20-12-17-10-11-18(24-17)19(22)21-13-14-6-8-16(9-7-14)23-15-4-2-1-3-5-15/h1-9,17-18H,10-13,20H2,(H,21,22)/t17-,18+/m1/s1. The summed E-state index contributed by atoms with van der Waals surface area (Å²) in [5, 5.41) is 2.91. The second-order valence-corrected chi connectivity index (χ2v) is 5.84. The van der Waals surface area contributed by atoms with Crippen LogP contribution in [0.2, 0.25) is 0 Å². The lowest BCUT2D eigenvalue weighted by atomic mass is 10.1. The molecule has 1 heterocycles. The second kappa shape index (κ2) is 7.95. The number of nitrogens with two attached hydrogens (primary N) is 1. The molecule has 0 saturated carbocycles. The fraction of sp³-hybridized carbons (Fsp3) is 0.316. The van der Waals surface area contributed by atoms with Crippen molar-refractivity contribution < 1.29 is 14.3 Å². The van der Waals surface area contributed by atoms with Gasteiger partial charge in [0.15, 0.2) is 0 Å². The molecule has 0 spiro atoms. The molecular formula is C19H22N2O3. The largest absolute Gasteiger partial charge is 0.457 e. The summed E-state index contributed by atoms with van der Waals surface area (Å²) in [5.41, 5.74) is 6.57. The molecule has 1 saturated heterocycles. The summed E-state index contributed by atoms with van der Waals surface area (Å²) < 4.78 is 11.3. The molecule has 0 radical (unpaired) electrons. The van der Waals surface area contributed by atoms with Crippen LogP contribution in [0.25, 0.3) is 0 Å². The number of hydrogen-bond donors (Lipinski definition) is 2. The van der Waals surface area contributed by atoms with Crippen molar-refractivity contribution in [3.63, 3.8) is 0 Å². The van der Waals surface area contributed by atoms with Crippen LogP contribution < -0.4 is 15.8 Å². The normalized spacial score (nSPS) is 19.9. The van der Waals surface area contributed by atoms with E-state index in [0.29, 0.717) is 13.1 Å². The summed E-state index contributed by atoms with van der Waals surface area (Å²) in [4.78, 5) is 12.1. The van der Waals surface area contributed by atoms with Gasteiger partial charge in [-0.15, -0.1) is 0 Å². The van der Waals surface area contributed by atoms with Crippen LogP contribution in [-0.2, 0) is 16.1 Å². The fourth-order valence-electron chi connectivity index (χ4n) is 2.67. The highest BCUT2D eigenvalue weighted by Crippen LogP contribution is 2.21. The van der Waals surface area contributed by atoms with Crippen molar-refractivity contribution >= 4 is 5.91 Å². The van der Waals surface area contributed by atoms with Gasteiger partial charge in [0.05, 0.1) is 6.10 Å². The van der Waals surface area contributed by atoms with E-state index in [4.69, 9.17) is 15.2 Å². The van der Waals surface area contributed by atoms with Gasteiger partial charge in [-0.05, 0) is 42.7 Å². The average Bonchev–Trinajstić information content (AvgIpc) is 3.11. The molecule has 5 nitrogen and oxygen atoms in total. The third-order valence-electron chi connectivity index (χ3n) is 4.03. The van der Waals surface area contributed by atoms with E-state index in [1.807, 2.05) is 54.6 Å². The van der Waals surface area contributed by atoms with Crippen molar-refractivity contribution in [1.82, 2.24) is 5.32 Å². The molecule has 1 amide bonds. The zero-order valence-electron chi connectivity index (χ0n) is 13.5. The van der Waals surface area contributed by atoms with Gasteiger partial charge < -0.3 is 20.5 Å². The first kappa shape index (κ1) is 16.5. The van der Waals surface area contributed by atoms with Crippen molar-refractivity contribution in [1.29, 1.82) is 0 Å². The Balaban J connectivity index is 1.48. The van der Waals surface area contributed by atoms with E-state index in [2.05, 4.69) is 5.32 Å². The van der Waals surface area contributed by atoms with Gasteiger partial charge in [0.25, 0.3) is 0 Å². The van der Waals surface area contributed by atoms with E-state index in [0.717, 1.165) is 29.9 Å². The maximum absolute atomic E-state index is 12.1. The Morgan fingerprint density at radius 2 is 1.79 bits per heavy atom. The number of carbonyl (C=O) groups is 1. The van der Waals surface area contributed by atoms with E-state index in [1.165, 1.54) is 0 Å². The van der Waals surface area contributed by atoms with Gasteiger partial charge in [-0.1, -0.05) is 30.3 Å². The maximum Gasteiger partial charge on any atom is 0.249 e. The SMILES string of the molecule is NC[C@H]1CC[C@@H](C(=O)NCc2ccc(Oc3ccccc3)cc2)O1. The van der Waals surface area contributed by atoms with Crippen LogP contribution in [0.5, 0.6) is 11.5 Å². The predicted octanol–water partition coefficient (Wildman–Crippen LogP) is 2.60. The van der Waals surface area contributed by atoms with Gasteiger partial charge in [-0.2, -0.15) is 0 Å². The van der Waals surface area contributed by atoms with E-state index in [9.17, 15) is 4.79 Å². The number of hydrogen-bond acceptors (Lipinski definition) is 4. The van der Waals surface area contributed by atoms with Gasteiger partial charge >= 0.3 is 0 Å². The number of benzene rings is 2. The first-order valence-corrected chi connectivity index (χ1v) is 8.19. The Kier molecular flexibility index (Phi) is 5.46. The molecule has 0 aromatic heterocycles. The highest BCUT2D eigenvalue weighted by molar-refractivity contribution is 5.81. The van der Waals surface area contributed by atoms with Crippen LogP contribution >= 0.6 is 0 Å². The number of carbonyl (C=O) groups excluding carboxylic acids is 1. The van der Waals surface area contributed by atoms with E-state index in [1.54, 1.807) is 0 Å². The number of rotatable bonds is 6. The van der Waals surface area contributed by atoms with Crippen molar-refractivity contribution in [3.8, 4) is 11.5 Å². The third-order valence-corrected chi connectivity index (χ3v) is 4.03. The molecule has 5 heteroatoms. The summed E-state index contributed by atoms with van der Waals surface area (Å²) in [6.45, 7) is 0.935. The van der Waals surface area contributed by atoms with Crippen LogP contribution in [0, 0.1) is 0 Å². The minimum atomic E-state index is -0.376. The molecular weight excluding hydrogens is 304 g/mol. The zero-order chi connectivity index (χ0) is 16.8. The van der Waals surface area contributed by atoms with Gasteiger partial charge in [0.1, 0.15) is 17.6 Å². The number of ether oxygens (including phenoxy) is 2. The van der Waals surface area contributed by atoms with E-state index >= 15 is 0 Å². The highest BCUT2D eigenvalue weighted by Gasteiger charge is 2.29. The fourth-order valence-corrected chi connectivity index (χ4v) is 2.67. The molecule has 24 heavy (non-hydrogen) atoms. The van der Waals surface area contributed by atoms with Crippen LogP contribution in [0.1, 0.15) is 18.4 Å². The molecule has 126 valence electrons. The summed E-state index contributed by atoms with van der Waals surface area (Å²) in [6, 6.07) is 17.3. The quantitative estimate of drug-likeness (QED) is 0.856. The minimum absolute atomic E-state index is 0.00942. The Labute approximate surface area is 141 Å². The molecule has 1 fully saturated rings. The lowest BCUT2D eigenvalue weighted by Crippen LogP contribution is -2.35. The summed E-state index contributed by atoms with van der Waals surface area (Å²) in [6.07, 6.45) is 1.21. The molecule has 3 N–H and O–H groups in total. The van der Waals surface area contributed by atoms with Crippen LogP contribution in [0.3, 0.4) is 0 Å². The Bertz CT molecular complexity index is 658. The van der Waals surface area contributed by atoms with Crippen molar-refractivity contribution in [2.75, 3.05) is 6.54 Å². The predicted molar refractivity (Wildman–Crippen MR) is 91.8 cm³/mol. The van der Waals surface area contributed by atoms with Crippen molar-refractivity contribution in [2.24, 2.45) is 5.73 Å². The summed E-state index contributed by atoms with van der Waals surface area (Å²) in [5.74, 6) is 1.49. The molecule has 1 aliphatic heterocycles. The van der Waals surface area contributed by atoms with Gasteiger partial charge in [0.2, 0.25) is 5.91 Å². The summed E-state index contributed by atoms with van der Waals surface area (Å²) in [7, 11) is 0. The first-order valence-electron chi connectivity index (χ1n) is 8.19. The van der Waals surface area contributed by atoms with E-state index in [-0.39, 0.29) is 18.1 Å². The van der Waals surface area contributed by atoms with Gasteiger partial charge in [-0.3, -0.25) is 4.79 Å². The Morgan fingerprint density at radius 3 is 2.46 bits per heavy atom. The molecule has 0 bridgehead atoms. The number of nitrogens with one attached hydrogen (secondary N) is 1. The Morgan fingerprint density at radius 1 is 1.08 bits per heavy atom. The van der Waals surface area contributed by atoms with Crippen LogP contribution in [0.15, 0.2) is 54.6 Å². The maximum atomic E-state index is 12.1. The molecule has 2 aromatic rings. The highest BCUT2D eigenvalue weighted by atomic mass is 16.5. The summed E-state index contributed by atoms with van der Waals surface area (Å²) >= 11 is 0. The second-order valence-electron chi connectivity index (χ2n) is 5.84. The monoisotopic (exact) mass is 326 g/mol. The van der Waals surface area contributed by atoms with Gasteiger partial charge in [0, 0.05) is 13.1 Å². The lowest BCUT2D eigenvalue weighted by Gasteiger charge is -2.13. The third kappa shape index (κ3) is 4.34. The average molecular weight is 326 g/mol. The smallest absolute Gasteiger partial charge is 0.249 e. The number of amides is 1. The van der Waals surface area contributed by atoms with Crippen LogP contribution in [-0.4, -0.2) is 24.7 Å². The molecule has 0 aliphatic carbocycles.